The molecule has 0 aliphatic heterocycles. The summed E-state index contributed by atoms with van der Waals surface area (Å²) in [6.45, 7) is 2.20. The lowest BCUT2D eigenvalue weighted by Crippen LogP contribution is -2.35. The highest BCUT2D eigenvalue weighted by Gasteiger charge is 2.12. The highest BCUT2D eigenvalue weighted by Crippen LogP contribution is 2.15. The molecule has 1 atom stereocenters. The number of nitrogens with one attached hydrogen (secondary N) is 2. The van der Waals surface area contributed by atoms with E-state index in [0.717, 1.165) is 0 Å². The molecule has 0 saturated carbocycles. The van der Waals surface area contributed by atoms with Gasteiger partial charge >= 0.3 is 0 Å². The first kappa shape index (κ1) is 13.2. The molecule has 17 heavy (non-hydrogen) atoms. The van der Waals surface area contributed by atoms with E-state index in [0.29, 0.717) is 12.1 Å². The van der Waals surface area contributed by atoms with Crippen LogP contribution < -0.4 is 10.6 Å². The maximum Gasteiger partial charge on any atom is 0.234 e. The third-order valence-electron chi connectivity index (χ3n) is 2.26. The Labute approximate surface area is 100 Å². The van der Waals surface area contributed by atoms with Gasteiger partial charge in [-0.05, 0) is 13.0 Å². The largest absolute Gasteiger partial charge is 0.348 e. The van der Waals surface area contributed by atoms with Crippen LogP contribution in [-0.2, 0) is 4.79 Å². The maximum atomic E-state index is 13.4. The van der Waals surface area contributed by atoms with Gasteiger partial charge < -0.3 is 5.32 Å². The molecule has 0 fully saturated rings. The third kappa shape index (κ3) is 4.25. The van der Waals surface area contributed by atoms with Gasteiger partial charge in [0, 0.05) is 5.56 Å². The quantitative estimate of drug-likeness (QED) is 0.594. The zero-order valence-electron chi connectivity index (χ0n) is 9.66. The van der Waals surface area contributed by atoms with E-state index in [9.17, 15) is 9.18 Å². The van der Waals surface area contributed by atoms with E-state index in [1.807, 2.05) is 0 Å². The monoisotopic (exact) mass is 234 g/mol. The van der Waals surface area contributed by atoms with E-state index in [2.05, 4.69) is 16.6 Å². The molecule has 1 amide bonds. The van der Waals surface area contributed by atoms with Gasteiger partial charge in [0.05, 0.1) is 19.1 Å². The molecule has 1 rings (SSSR count). The molecule has 0 aliphatic rings. The summed E-state index contributed by atoms with van der Waals surface area (Å²) in [4.78, 5) is 11.4. The van der Waals surface area contributed by atoms with Crippen LogP contribution in [0.25, 0.3) is 0 Å². The van der Waals surface area contributed by atoms with Crippen LogP contribution in [0.4, 0.5) is 4.39 Å². The lowest BCUT2D eigenvalue weighted by molar-refractivity contribution is -0.120. The Morgan fingerprint density at radius 2 is 2.24 bits per heavy atom. The molecule has 0 heterocycles. The number of hydrogen-bond acceptors (Lipinski definition) is 2. The van der Waals surface area contributed by atoms with Gasteiger partial charge in [0.2, 0.25) is 5.91 Å². The van der Waals surface area contributed by atoms with E-state index in [1.165, 1.54) is 6.07 Å². The molecule has 1 aromatic carbocycles. The van der Waals surface area contributed by atoms with Crippen molar-refractivity contribution in [2.24, 2.45) is 0 Å². The van der Waals surface area contributed by atoms with Gasteiger partial charge in [0.25, 0.3) is 0 Å². The lowest BCUT2D eigenvalue weighted by atomic mass is 10.1. The van der Waals surface area contributed by atoms with Gasteiger partial charge in [-0.1, -0.05) is 24.1 Å². The summed E-state index contributed by atoms with van der Waals surface area (Å²) in [6.07, 6.45) is 5.03. The van der Waals surface area contributed by atoms with Crippen molar-refractivity contribution in [3.63, 3.8) is 0 Å². The molecule has 1 aromatic rings. The number of benzene rings is 1. The lowest BCUT2D eigenvalue weighted by Gasteiger charge is -2.14. The third-order valence-corrected chi connectivity index (χ3v) is 2.26. The number of carbonyl (C=O) groups is 1. The fraction of sp³-hybridized carbons (Fsp3) is 0.308. The van der Waals surface area contributed by atoms with E-state index in [-0.39, 0.29) is 24.3 Å². The van der Waals surface area contributed by atoms with Crippen LogP contribution in [0, 0.1) is 18.2 Å². The van der Waals surface area contributed by atoms with Crippen LogP contribution in [0.2, 0.25) is 0 Å². The topological polar surface area (TPSA) is 41.1 Å². The van der Waals surface area contributed by atoms with Crippen molar-refractivity contribution in [2.45, 2.75) is 13.0 Å². The second kappa shape index (κ2) is 6.66. The van der Waals surface area contributed by atoms with Gasteiger partial charge in [-0.3, -0.25) is 10.1 Å². The smallest absolute Gasteiger partial charge is 0.234 e. The van der Waals surface area contributed by atoms with E-state index in [4.69, 9.17) is 6.42 Å². The van der Waals surface area contributed by atoms with Crippen molar-refractivity contribution in [3.05, 3.63) is 35.6 Å². The molecule has 0 saturated heterocycles. The standard InChI is InChI=1S/C13H15FN2O/c1-3-8-15-9-13(17)16-10(2)11-6-4-5-7-12(11)14/h1,4-7,10,15H,8-9H2,2H3,(H,16,17)/t10-/m1/s1. The molecule has 0 aromatic heterocycles. The van der Waals surface area contributed by atoms with Crippen LogP contribution in [0.15, 0.2) is 24.3 Å². The molecule has 3 nitrogen and oxygen atoms in total. The molecule has 0 spiro atoms. The molecular formula is C13H15FN2O. The first-order chi connectivity index (χ1) is 8.15. The summed E-state index contributed by atoms with van der Waals surface area (Å²) in [6, 6.07) is 6.00. The zero-order chi connectivity index (χ0) is 12.7. The highest BCUT2D eigenvalue weighted by atomic mass is 19.1. The van der Waals surface area contributed by atoms with Crippen LogP contribution in [-0.4, -0.2) is 19.0 Å². The van der Waals surface area contributed by atoms with Crippen molar-refractivity contribution in [3.8, 4) is 12.3 Å². The molecule has 0 unspecified atom stereocenters. The van der Waals surface area contributed by atoms with Crippen LogP contribution in [0.5, 0.6) is 0 Å². The Morgan fingerprint density at radius 3 is 2.88 bits per heavy atom. The van der Waals surface area contributed by atoms with Crippen molar-refractivity contribution in [1.29, 1.82) is 0 Å². The molecule has 0 radical (unpaired) electrons. The minimum atomic E-state index is -0.365. The van der Waals surface area contributed by atoms with Crippen molar-refractivity contribution in [1.82, 2.24) is 10.6 Å². The fourth-order valence-corrected chi connectivity index (χ4v) is 1.44. The molecular weight excluding hydrogens is 219 g/mol. The van der Waals surface area contributed by atoms with E-state index in [1.54, 1.807) is 25.1 Å². The molecule has 0 aliphatic carbocycles. The minimum absolute atomic E-state index is 0.128. The second-order valence-corrected chi connectivity index (χ2v) is 3.62. The molecule has 2 N–H and O–H groups in total. The van der Waals surface area contributed by atoms with E-state index < -0.39 is 0 Å². The number of terminal acetylenes is 1. The Kier molecular flexibility index (Phi) is 5.18. The maximum absolute atomic E-state index is 13.4. The Hall–Kier alpha value is -1.86. The first-order valence-corrected chi connectivity index (χ1v) is 5.33. The zero-order valence-corrected chi connectivity index (χ0v) is 9.66. The Balaban J connectivity index is 2.50. The normalized spacial score (nSPS) is 11.6. The molecule has 0 bridgehead atoms. The predicted molar refractivity (Wildman–Crippen MR) is 64.7 cm³/mol. The number of hydrogen-bond donors (Lipinski definition) is 2. The van der Waals surface area contributed by atoms with Gasteiger partial charge in [0.15, 0.2) is 0 Å². The summed E-state index contributed by atoms with van der Waals surface area (Å²) in [7, 11) is 0. The van der Waals surface area contributed by atoms with Crippen LogP contribution >= 0.6 is 0 Å². The van der Waals surface area contributed by atoms with E-state index >= 15 is 0 Å². The van der Waals surface area contributed by atoms with Crippen molar-refractivity contribution >= 4 is 5.91 Å². The summed E-state index contributed by atoms with van der Waals surface area (Å²) >= 11 is 0. The summed E-state index contributed by atoms with van der Waals surface area (Å²) < 4.78 is 13.4. The summed E-state index contributed by atoms with van der Waals surface area (Å²) in [5, 5.41) is 5.45. The summed E-state index contributed by atoms with van der Waals surface area (Å²) in [5.41, 5.74) is 0.470. The van der Waals surface area contributed by atoms with Crippen LogP contribution in [0.1, 0.15) is 18.5 Å². The van der Waals surface area contributed by atoms with Gasteiger partial charge in [-0.2, -0.15) is 0 Å². The first-order valence-electron chi connectivity index (χ1n) is 5.33. The Bertz CT molecular complexity index is 426. The predicted octanol–water partition coefficient (Wildman–Crippen LogP) is 1.23. The average molecular weight is 234 g/mol. The number of halogens is 1. The second-order valence-electron chi connectivity index (χ2n) is 3.62. The summed E-state index contributed by atoms with van der Waals surface area (Å²) in [5.74, 6) is 1.83. The SMILES string of the molecule is C#CCNCC(=O)N[C@H](C)c1ccccc1F. The van der Waals surface area contributed by atoms with Crippen LogP contribution in [0.3, 0.4) is 0 Å². The van der Waals surface area contributed by atoms with Crippen molar-refractivity contribution < 1.29 is 9.18 Å². The number of carbonyl (C=O) groups excluding carboxylic acids is 1. The average Bonchev–Trinajstić information content (AvgIpc) is 2.29. The van der Waals surface area contributed by atoms with Gasteiger partial charge in [-0.15, -0.1) is 6.42 Å². The van der Waals surface area contributed by atoms with Gasteiger partial charge in [0.1, 0.15) is 5.82 Å². The fourth-order valence-electron chi connectivity index (χ4n) is 1.44. The highest BCUT2D eigenvalue weighted by molar-refractivity contribution is 5.78. The molecule has 4 heteroatoms. The Morgan fingerprint density at radius 1 is 1.53 bits per heavy atom. The number of amides is 1. The van der Waals surface area contributed by atoms with Gasteiger partial charge in [-0.25, -0.2) is 4.39 Å². The minimum Gasteiger partial charge on any atom is -0.348 e. The number of rotatable bonds is 5. The van der Waals surface area contributed by atoms with Crippen molar-refractivity contribution in [2.75, 3.05) is 13.1 Å². The molecule has 90 valence electrons.